The van der Waals surface area contributed by atoms with E-state index in [-0.39, 0.29) is 5.75 Å². The molecule has 0 bridgehead atoms. The third-order valence-electron chi connectivity index (χ3n) is 4.12. The van der Waals surface area contributed by atoms with Crippen LogP contribution in [0.25, 0.3) is 0 Å². The van der Waals surface area contributed by atoms with Gasteiger partial charge in [-0.05, 0) is 73.3 Å². The fourth-order valence-electron chi connectivity index (χ4n) is 2.71. The average molecular weight is 463 g/mol. The van der Waals surface area contributed by atoms with Crippen LogP contribution >= 0.6 is 24.4 Å². The lowest BCUT2D eigenvalue weighted by molar-refractivity contribution is 0.473. The number of hydrogen-bond acceptors (Lipinski definition) is 5. The molecule has 162 valence electrons. The second-order valence-electron chi connectivity index (χ2n) is 6.67. The van der Waals surface area contributed by atoms with Crippen LogP contribution in [0.15, 0.2) is 83.0 Å². The van der Waals surface area contributed by atoms with E-state index in [9.17, 15) is 5.11 Å². The van der Waals surface area contributed by atoms with Gasteiger partial charge in [-0.15, -0.1) is 0 Å². The Morgan fingerprint density at radius 2 is 1.16 bits per heavy atom. The third-order valence-corrected chi connectivity index (χ3v) is 4.50. The van der Waals surface area contributed by atoms with Gasteiger partial charge in [-0.1, -0.05) is 36.4 Å². The van der Waals surface area contributed by atoms with Gasteiger partial charge in [-0.25, -0.2) is 0 Å². The molecular weight excluding hydrogens is 440 g/mol. The van der Waals surface area contributed by atoms with Crippen molar-refractivity contribution in [3.05, 3.63) is 89.5 Å². The number of rotatable bonds is 6. The molecule has 0 saturated heterocycles. The highest BCUT2D eigenvalue weighted by molar-refractivity contribution is 7.80. The number of thiocarbonyl (C=S) groups is 2. The average Bonchev–Trinajstić information content (AvgIpc) is 2.78. The van der Waals surface area contributed by atoms with Gasteiger partial charge in [-0.3, -0.25) is 10.9 Å². The first kappa shape index (κ1) is 22.9. The molecule has 0 spiro atoms. The Balaban J connectivity index is 1.59. The summed E-state index contributed by atoms with van der Waals surface area (Å²) in [4.78, 5) is 0. The number of benzene rings is 3. The lowest BCUT2D eigenvalue weighted by atomic mass is 10.1. The Hall–Kier alpha value is -3.82. The van der Waals surface area contributed by atoms with Gasteiger partial charge in [0, 0.05) is 22.5 Å². The Kier molecular flexibility index (Phi) is 8.24. The molecule has 32 heavy (non-hydrogen) atoms. The highest BCUT2D eigenvalue weighted by Crippen LogP contribution is 2.21. The van der Waals surface area contributed by atoms with E-state index in [1.807, 2.05) is 67.6 Å². The van der Waals surface area contributed by atoms with Crippen LogP contribution in [-0.2, 0) is 0 Å². The predicted octanol–water partition coefficient (Wildman–Crippen LogP) is 4.34. The molecule has 3 rings (SSSR count). The summed E-state index contributed by atoms with van der Waals surface area (Å²) in [7, 11) is 0. The molecule has 0 aliphatic rings. The van der Waals surface area contributed by atoms with Crippen molar-refractivity contribution in [1.82, 2.24) is 10.9 Å². The van der Waals surface area contributed by atoms with Crippen LogP contribution in [-0.4, -0.2) is 27.8 Å². The van der Waals surface area contributed by atoms with Crippen LogP contribution in [0.3, 0.4) is 0 Å². The zero-order valence-corrected chi connectivity index (χ0v) is 18.9. The van der Waals surface area contributed by atoms with Gasteiger partial charge in [0.05, 0.1) is 12.4 Å². The highest BCUT2D eigenvalue weighted by Gasteiger charge is 2.06. The quantitative estimate of drug-likeness (QED) is 0.211. The lowest BCUT2D eigenvalue weighted by Crippen LogP contribution is -2.24. The SMILES string of the molecule is Cc1cc(/C=N\NC(=S)Nc2ccccc2)c(O)c(/C=N/NC(=S)Nc2ccccc2)c1. The fraction of sp³-hybridized carbons (Fsp3) is 0.0435. The van der Waals surface area contributed by atoms with Crippen molar-refractivity contribution >= 4 is 58.5 Å². The minimum absolute atomic E-state index is 0.0376. The zero-order valence-electron chi connectivity index (χ0n) is 17.2. The monoisotopic (exact) mass is 462 g/mol. The minimum Gasteiger partial charge on any atom is -0.507 e. The van der Waals surface area contributed by atoms with Crippen LogP contribution in [0, 0.1) is 6.92 Å². The molecule has 7 nitrogen and oxygen atoms in total. The molecule has 0 atom stereocenters. The molecular formula is C23H22N6OS2. The number of phenolic OH excluding ortho intramolecular Hbond substituents is 1. The van der Waals surface area contributed by atoms with Crippen molar-refractivity contribution in [2.45, 2.75) is 6.92 Å². The van der Waals surface area contributed by atoms with Crippen LogP contribution in [0.1, 0.15) is 16.7 Å². The number of hydrazone groups is 2. The van der Waals surface area contributed by atoms with Crippen molar-refractivity contribution in [3.63, 3.8) is 0 Å². The summed E-state index contributed by atoms with van der Waals surface area (Å²) in [5.41, 5.74) is 9.14. The number of nitrogens with zero attached hydrogens (tertiary/aromatic N) is 2. The summed E-state index contributed by atoms with van der Waals surface area (Å²) in [6, 6.07) is 22.6. The zero-order chi connectivity index (χ0) is 22.8. The van der Waals surface area contributed by atoms with Crippen LogP contribution in [0.2, 0.25) is 0 Å². The first-order chi connectivity index (χ1) is 15.5. The Bertz CT molecular complexity index is 1050. The minimum atomic E-state index is 0.0376. The van der Waals surface area contributed by atoms with Gasteiger partial charge < -0.3 is 15.7 Å². The van der Waals surface area contributed by atoms with Crippen molar-refractivity contribution in [1.29, 1.82) is 0 Å². The summed E-state index contributed by atoms with van der Waals surface area (Å²) >= 11 is 10.4. The smallest absolute Gasteiger partial charge is 0.191 e. The molecule has 0 aliphatic carbocycles. The summed E-state index contributed by atoms with van der Waals surface area (Å²) in [5.74, 6) is 0.0376. The van der Waals surface area contributed by atoms with Gasteiger partial charge >= 0.3 is 0 Å². The fourth-order valence-corrected chi connectivity index (χ4v) is 3.06. The van der Waals surface area contributed by atoms with Gasteiger partial charge in [0.25, 0.3) is 0 Å². The van der Waals surface area contributed by atoms with Crippen molar-refractivity contribution < 1.29 is 5.11 Å². The molecule has 0 amide bonds. The molecule has 3 aromatic carbocycles. The molecule has 3 aromatic rings. The van der Waals surface area contributed by atoms with Crippen LogP contribution in [0.4, 0.5) is 11.4 Å². The van der Waals surface area contributed by atoms with Crippen LogP contribution < -0.4 is 21.5 Å². The number of nitrogens with one attached hydrogen (secondary N) is 4. The van der Waals surface area contributed by atoms with E-state index in [1.165, 1.54) is 12.4 Å². The largest absolute Gasteiger partial charge is 0.507 e. The van der Waals surface area contributed by atoms with E-state index in [0.717, 1.165) is 16.9 Å². The molecule has 0 radical (unpaired) electrons. The second kappa shape index (κ2) is 11.5. The van der Waals surface area contributed by atoms with Crippen molar-refractivity contribution in [2.75, 3.05) is 10.6 Å². The summed E-state index contributed by atoms with van der Waals surface area (Å²) in [6.45, 7) is 1.91. The number of aromatic hydroxyl groups is 1. The molecule has 0 fully saturated rings. The molecule has 9 heteroatoms. The van der Waals surface area contributed by atoms with Gasteiger partial charge in [0.2, 0.25) is 0 Å². The van der Waals surface area contributed by atoms with Crippen molar-refractivity contribution in [3.8, 4) is 5.75 Å². The summed E-state index contributed by atoms with van der Waals surface area (Å²) < 4.78 is 0. The van der Waals surface area contributed by atoms with Gasteiger partial charge in [0.15, 0.2) is 10.2 Å². The van der Waals surface area contributed by atoms with E-state index in [0.29, 0.717) is 21.4 Å². The first-order valence-corrected chi connectivity index (χ1v) is 10.5. The normalized spacial score (nSPS) is 10.8. The van der Waals surface area contributed by atoms with Crippen molar-refractivity contribution in [2.24, 2.45) is 10.2 Å². The number of aryl methyl sites for hydroxylation is 1. The predicted molar refractivity (Wildman–Crippen MR) is 140 cm³/mol. The van der Waals surface area contributed by atoms with E-state index >= 15 is 0 Å². The number of phenols is 1. The molecule has 0 aliphatic heterocycles. The van der Waals surface area contributed by atoms with E-state index in [4.69, 9.17) is 24.4 Å². The molecule has 0 unspecified atom stereocenters. The Morgan fingerprint density at radius 3 is 1.56 bits per heavy atom. The van der Waals surface area contributed by atoms with E-state index < -0.39 is 0 Å². The highest BCUT2D eigenvalue weighted by atomic mass is 32.1. The molecule has 0 saturated carbocycles. The van der Waals surface area contributed by atoms with Crippen LogP contribution in [0.5, 0.6) is 5.75 Å². The lowest BCUT2D eigenvalue weighted by Gasteiger charge is -2.08. The molecule has 0 aromatic heterocycles. The first-order valence-electron chi connectivity index (χ1n) is 9.65. The maximum Gasteiger partial charge on any atom is 0.191 e. The van der Waals surface area contributed by atoms with E-state index in [2.05, 4.69) is 31.7 Å². The number of anilines is 2. The summed E-state index contributed by atoms with van der Waals surface area (Å²) in [6.07, 6.45) is 2.99. The third kappa shape index (κ3) is 7.15. The summed E-state index contributed by atoms with van der Waals surface area (Å²) in [5, 5.41) is 25.5. The van der Waals surface area contributed by atoms with Gasteiger partial charge in [0.1, 0.15) is 5.75 Å². The number of para-hydroxylation sites is 2. The molecule has 5 N–H and O–H groups in total. The number of hydrogen-bond donors (Lipinski definition) is 5. The maximum absolute atomic E-state index is 10.6. The Labute approximate surface area is 197 Å². The Morgan fingerprint density at radius 1 is 0.750 bits per heavy atom. The standard InChI is InChI=1S/C23H22N6OS2/c1-16-12-17(14-24-28-22(31)26-19-8-4-2-5-9-19)21(30)18(13-16)15-25-29-23(32)27-20-10-6-3-7-11-20/h2-15,30H,1H3,(H2,26,28,31)(H2,27,29,32)/b24-14-,25-15+. The topological polar surface area (TPSA) is 93.1 Å². The second-order valence-corrected chi connectivity index (χ2v) is 7.49. The maximum atomic E-state index is 10.6. The van der Waals surface area contributed by atoms with Gasteiger partial charge in [-0.2, -0.15) is 10.2 Å². The van der Waals surface area contributed by atoms with E-state index in [1.54, 1.807) is 12.1 Å². The molecule has 0 heterocycles.